The van der Waals surface area contributed by atoms with Gasteiger partial charge in [0.1, 0.15) is 0 Å². The summed E-state index contributed by atoms with van der Waals surface area (Å²) < 4.78 is 16.7. The summed E-state index contributed by atoms with van der Waals surface area (Å²) in [5, 5.41) is 0.0481. The lowest BCUT2D eigenvalue weighted by atomic mass is 9.70. The van der Waals surface area contributed by atoms with Crippen molar-refractivity contribution in [2.45, 2.75) is 71.0 Å². The summed E-state index contributed by atoms with van der Waals surface area (Å²) in [5.41, 5.74) is -0.149. The second-order valence-corrected chi connectivity index (χ2v) is 13.5. The lowest BCUT2D eigenvalue weighted by Gasteiger charge is -2.37. The van der Waals surface area contributed by atoms with E-state index in [0.717, 1.165) is 37.0 Å². The zero-order chi connectivity index (χ0) is 19.0. The molecule has 25 heavy (non-hydrogen) atoms. The molecule has 2 aliphatic carbocycles. The van der Waals surface area contributed by atoms with Crippen LogP contribution in [0.4, 0.5) is 0 Å². The van der Waals surface area contributed by atoms with Gasteiger partial charge in [0.05, 0.1) is 20.0 Å². The first-order chi connectivity index (χ1) is 11.5. The highest BCUT2D eigenvalue weighted by molar-refractivity contribution is 6.74. The first-order valence-electron chi connectivity index (χ1n) is 9.09. The molecule has 0 radical (unpaired) electrons. The van der Waals surface area contributed by atoms with E-state index >= 15 is 0 Å². The lowest BCUT2D eigenvalue weighted by Crippen LogP contribution is -2.46. The third-order valence-corrected chi connectivity index (χ3v) is 10.7. The molecule has 5 nitrogen and oxygen atoms in total. The van der Waals surface area contributed by atoms with Gasteiger partial charge < -0.3 is 13.9 Å². The fourth-order valence-electron chi connectivity index (χ4n) is 3.82. The Balaban J connectivity index is 2.48. The van der Waals surface area contributed by atoms with Gasteiger partial charge in [0.25, 0.3) is 0 Å². The van der Waals surface area contributed by atoms with Gasteiger partial charge in [0, 0.05) is 12.3 Å². The van der Waals surface area contributed by atoms with Crippen LogP contribution in [0.2, 0.25) is 18.1 Å². The smallest absolute Gasteiger partial charge is 0.324 e. The standard InChI is InChI=1S/C19H32O5Si/c1-18(2,3)25(6,7)24-15-12-19(16(20)22-4,17(21)23-5)14-11-9-8-10-13(14)15/h14H,8-12H2,1-7H3. The normalized spacial score (nSPS) is 23.1. The number of allylic oxidation sites excluding steroid dienone is 2. The van der Waals surface area contributed by atoms with Gasteiger partial charge in [-0.05, 0) is 43.0 Å². The molecule has 2 aliphatic rings. The molecule has 1 fully saturated rings. The van der Waals surface area contributed by atoms with Crippen LogP contribution in [0.15, 0.2) is 11.3 Å². The maximum absolute atomic E-state index is 12.7. The van der Waals surface area contributed by atoms with Crippen LogP contribution in [0.25, 0.3) is 0 Å². The van der Waals surface area contributed by atoms with Gasteiger partial charge in [0.2, 0.25) is 8.32 Å². The molecular weight excluding hydrogens is 336 g/mol. The van der Waals surface area contributed by atoms with Crippen molar-refractivity contribution >= 4 is 20.3 Å². The van der Waals surface area contributed by atoms with Crippen molar-refractivity contribution in [2.24, 2.45) is 11.3 Å². The first-order valence-corrected chi connectivity index (χ1v) is 12.0. The van der Waals surface area contributed by atoms with E-state index in [1.807, 2.05) is 0 Å². The third kappa shape index (κ3) is 3.25. The van der Waals surface area contributed by atoms with Gasteiger partial charge in [0.15, 0.2) is 5.41 Å². The Bertz CT molecular complexity index is 569. The molecule has 142 valence electrons. The summed E-state index contributed by atoms with van der Waals surface area (Å²) in [6, 6.07) is 0. The van der Waals surface area contributed by atoms with Crippen molar-refractivity contribution in [1.82, 2.24) is 0 Å². The zero-order valence-corrected chi connectivity index (χ0v) is 17.7. The molecule has 0 amide bonds. The van der Waals surface area contributed by atoms with Crippen molar-refractivity contribution in [3.8, 4) is 0 Å². The van der Waals surface area contributed by atoms with Gasteiger partial charge in [-0.25, -0.2) is 0 Å². The number of esters is 2. The Morgan fingerprint density at radius 1 is 1.08 bits per heavy atom. The quantitative estimate of drug-likeness (QED) is 0.423. The molecule has 2 rings (SSSR count). The summed E-state index contributed by atoms with van der Waals surface area (Å²) in [6.45, 7) is 10.9. The van der Waals surface area contributed by atoms with Crippen molar-refractivity contribution in [1.29, 1.82) is 0 Å². The molecule has 0 spiro atoms. The van der Waals surface area contributed by atoms with E-state index in [0.29, 0.717) is 0 Å². The maximum atomic E-state index is 12.7. The molecule has 6 heteroatoms. The average molecular weight is 369 g/mol. The number of carbonyl (C=O) groups is 2. The molecule has 0 aromatic carbocycles. The van der Waals surface area contributed by atoms with Crippen LogP contribution in [0, 0.1) is 11.3 Å². The molecule has 0 aliphatic heterocycles. The zero-order valence-electron chi connectivity index (χ0n) is 16.7. The SMILES string of the molecule is COC(=O)C1(C(=O)OC)CC(O[Si](C)(C)C(C)(C)C)=C2CCCCC21. The van der Waals surface area contributed by atoms with Gasteiger partial charge in [-0.2, -0.15) is 0 Å². The van der Waals surface area contributed by atoms with Crippen molar-refractivity contribution < 1.29 is 23.5 Å². The number of fused-ring (bicyclic) bond motifs is 1. The summed E-state index contributed by atoms with van der Waals surface area (Å²) in [7, 11) is 0.610. The van der Waals surface area contributed by atoms with Crippen LogP contribution in [0.3, 0.4) is 0 Å². The average Bonchev–Trinajstić information content (AvgIpc) is 2.87. The van der Waals surface area contributed by atoms with Gasteiger partial charge in [-0.15, -0.1) is 0 Å². The Labute approximate surface area is 152 Å². The van der Waals surface area contributed by atoms with Gasteiger partial charge in [-0.1, -0.05) is 27.2 Å². The predicted octanol–water partition coefficient (Wildman–Crippen LogP) is 4.19. The molecule has 0 aromatic heterocycles. The van der Waals surface area contributed by atoms with Crippen LogP contribution < -0.4 is 0 Å². The third-order valence-electron chi connectivity index (χ3n) is 6.29. The summed E-state index contributed by atoms with van der Waals surface area (Å²) in [4.78, 5) is 25.4. The largest absolute Gasteiger partial charge is 0.546 e. The molecular formula is C19H32O5Si. The molecule has 1 atom stereocenters. The Kier molecular flexibility index (Phi) is 5.43. The summed E-state index contributed by atoms with van der Waals surface area (Å²) >= 11 is 0. The maximum Gasteiger partial charge on any atom is 0.324 e. The minimum atomic E-state index is -2.06. The van der Waals surface area contributed by atoms with Crippen LogP contribution >= 0.6 is 0 Å². The second kappa shape index (κ2) is 6.78. The topological polar surface area (TPSA) is 61.8 Å². The number of rotatable bonds is 4. The molecule has 0 heterocycles. The number of hydrogen-bond donors (Lipinski definition) is 0. The molecule has 0 bridgehead atoms. The fraction of sp³-hybridized carbons (Fsp3) is 0.789. The van der Waals surface area contributed by atoms with Crippen LogP contribution in [-0.4, -0.2) is 34.5 Å². The number of hydrogen-bond acceptors (Lipinski definition) is 5. The fourth-order valence-corrected chi connectivity index (χ4v) is 4.94. The Morgan fingerprint density at radius 2 is 1.64 bits per heavy atom. The van der Waals surface area contributed by atoms with E-state index in [2.05, 4.69) is 33.9 Å². The van der Waals surface area contributed by atoms with E-state index in [1.54, 1.807) is 0 Å². The highest BCUT2D eigenvalue weighted by atomic mass is 28.4. The second-order valence-electron chi connectivity index (χ2n) is 8.74. The number of methoxy groups -OCH3 is 2. The highest BCUT2D eigenvalue weighted by Gasteiger charge is 2.61. The monoisotopic (exact) mass is 368 g/mol. The molecule has 1 unspecified atom stereocenters. The van der Waals surface area contributed by atoms with Crippen LogP contribution in [0.5, 0.6) is 0 Å². The minimum Gasteiger partial charge on any atom is -0.546 e. The van der Waals surface area contributed by atoms with Crippen molar-refractivity contribution in [3.05, 3.63) is 11.3 Å². The number of carbonyl (C=O) groups excluding carboxylic acids is 2. The van der Waals surface area contributed by atoms with E-state index < -0.39 is 25.7 Å². The van der Waals surface area contributed by atoms with E-state index in [4.69, 9.17) is 13.9 Å². The van der Waals surface area contributed by atoms with E-state index in [9.17, 15) is 9.59 Å². The van der Waals surface area contributed by atoms with Crippen molar-refractivity contribution in [3.63, 3.8) is 0 Å². The van der Waals surface area contributed by atoms with E-state index in [1.165, 1.54) is 14.2 Å². The molecule has 1 saturated carbocycles. The molecule has 0 saturated heterocycles. The Hall–Kier alpha value is -1.30. The lowest BCUT2D eigenvalue weighted by molar-refractivity contribution is -0.172. The van der Waals surface area contributed by atoms with Crippen molar-refractivity contribution in [2.75, 3.05) is 14.2 Å². The molecule has 0 N–H and O–H groups in total. The van der Waals surface area contributed by atoms with E-state index in [-0.39, 0.29) is 17.4 Å². The number of ether oxygens (including phenoxy) is 2. The predicted molar refractivity (Wildman–Crippen MR) is 98.3 cm³/mol. The van der Waals surface area contributed by atoms with Gasteiger partial charge in [-0.3, -0.25) is 9.59 Å². The van der Waals surface area contributed by atoms with Gasteiger partial charge >= 0.3 is 11.9 Å². The van der Waals surface area contributed by atoms with Crippen LogP contribution in [-0.2, 0) is 23.5 Å². The van der Waals surface area contributed by atoms with Crippen LogP contribution in [0.1, 0.15) is 52.9 Å². The highest BCUT2D eigenvalue weighted by Crippen LogP contribution is 2.55. The first kappa shape index (κ1) is 20.0. The minimum absolute atomic E-state index is 0.0481. The summed E-state index contributed by atoms with van der Waals surface area (Å²) in [5.74, 6) is -0.330. The summed E-state index contributed by atoms with van der Waals surface area (Å²) in [6.07, 6.45) is 4.00. The molecule has 0 aromatic rings. The Morgan fingerprint density at radius 3 is 2.12 bits per heavy atom.